The van der Waals surface area contributed by atoms with Gasteiger partial charge in [-0.15, -0.1) is 0 Å². The summed E-state index contributed by atoms with van der Waals surface area (Å²) in [6.07, 6.45) is 1.45. The fourth-order valence-electron chi connectivity index (χ4n) is 1.69. The SMILES string of the molecule is CCCNCC(C)(O)Cc1cccc(F)c1Br. The molecule has 0 bridgehead atoms. The molecule has 1 aromatic carbocycles. The Morgan fingerprint density at radius 2 is 2.18 bits per heavy atom. The molecular formula is C13H19BrFNO. The topological polar surface area (TPSA) is 32.3 Å². The Hall–Kier alpha value is -0.450. The third-order valence-corrected chi connectivity index (χ3v) is 3.42. The molecule has 0 saturated carbocycles. The van der Waals surface area contributed by atoms with Crippen LogP contribution < -0.4 is 5.32 Å². The molecule has 0 aliphatic carbocycles. The molecule has 0 aliphatic heterocycles. The molecule has 0 radical (unpaired) electrons. The van der Waals surface area contributed by atoms with E-state index in [1.54, 1.807) is 13.0 Å². The van der Waals surface area contributed by atoms with Gasteiger partial charge in [-0.05, 0) is 47.4 Å². The van der Waals surface area contributed by atoms with E-state index in [2.05, 4.69) is 28.2 Å². The van der Waals surface area contributed by atoms with E-state index in [9.17, 15) is 9.50 Å². The largest absolute Gasteiger partial charge is 0.389 e. The molecule has 17 heavy (non-hydrogen) atoms. The number of halogens is 2. The zero-order valence-corrected chi connectivity index (χ0v) is 11.8. The maximum absolute atomic E-state index is 13.3. The molecule has 1 unspecified atom stereocenters. The van der Waals surface area contributed by atoms with Gasteiger partial charge in [-0.1, -0.05) is 19.1 Å². The van der Waals surface area contributed by atoms with Crippen LogP contribution in [-0.4, -0.2) is 23.8 Å². The lowest BCUT2D eigenvalue weighted by molar-refractivity contribution is 0.0601. The van der Waals surface area contributed by atoms with Crippen LogP contribution in [0.25, 0.3) is 0 Å². The van der Waals surface area contributed by atoms with Gasteiger partial charge in [0.15, 0.2) is 0 Å². The van der Waals surface area contributed by atoms with E-state index < -0.39 is 5.60 Å². The third kappa shape index (κ3) is 4.74. The Balaban J connectivity index is 2.65. The maximum atomic E-state index is 13.3. The van der Waals surface area contributed by atoms with Gasteiger partial charge in [0, 0.05) is 13.0 Å². The van der Waals surface area contributed by atoms with Crippen molar-refractivity contribution in [3.63, 3.8) is 0 Å². The summed E-state index contributed by atoms with van der Waals surface area (Å²) < 4.78 is 13.8. The highest BCUT2D eigenvalue weighted by molar-refractivity contribution is 9.10. The second-order valence-electron chi connectivity index (χ2n) is 4.56. The van der Waals surface area contributed by atoms with E-state index in [4.69, 9.17) is 0 Å². The minimum absolute atomic E-state index is 0.292. The summed E-state index contributed by atoms with van der Waals surface area (Å²) in [5.41, 5.74) is -0.0841. The van der Waals surface area contributed by atoms with Crippen LogP contribution in [0.1, 0.15) is 25.8 Å². The quantitative estimate of drug-likeness (QED) is 0.792. The lowest BCUT2D eigenvalue weighted by Crippen LogP contribution is -2.40. The molecule has 0 fully saturated rings. The molecule has 1 aromatic rings. The highest BCUT2D eigenvalue weighted by Gasteiger charge is 2.22. The number of benzene rings is 1. The van der Waals surface area contributed by atoms with Crippen LogP contribution in [0.5, 0.6) is 0 Å². The van der Waals surface area contributed by atoms with Gasteiger partial charge in [0.05, 0.1) is 10.1 Å². The van der Waals surface area contributed by atoms with Gasteiger partial charge in [-0.2, -0.15) is 0 Å². The van der Waals surface area contributed by atoms with Crippen molar-refractivity contribution < 1.29 is 9.50 Å². The molecule has 0 aromatic heterocycles. The van der Waals surface area contributed by atoms with Crippen molar-refractivity contribution in [2.45, 2.75) is 32.3 Å². The third-order valence-electron chi connectivity index (χ3n) is 2.54. The second-order valence-corrected chi connectivity index (χ2v) is 5.36. The van der Waals surface area contributed by atoms with Crippen molar-refractivity contribution in [3.8, 4) is 0 Å². The minimum atomic E-state index is -0.870. The van der Waals surface area contributed by atoms with E-state index >= 15 is 0 Å². The summed E-state index contributed by atoms with van der Waals surface area (Å²) in [5.74, 6) is -0.292. The van der Waals surface area contributed by atoms with Crippen LogP contribution in [-0.2, 0) is 6.42 Å². The summed E-state index contributed by atoms with van der Waals surface area (Å²) in [6.45, 7) is 5.21. The second kappa shape index (κ2) is 6.47. The number of nitrogens with one attached hydrogen (secondary N) is 1. The average molecular weight is 304 g/mol. The van der Waals surface area contributed by atoms with Crippen LogP contribution in [0, 0.1) is 5.82 Å². The monoisotopic (exact) mass is 303 g/mol. The molecule has 4 heteroatoms. The lowest BCUT2D eigenvalue weighted by Gasteiger charge is -2.24. The van der Waals surface area contributed by atoms with E-state index in [0.717, 1.165) is 18.5 Å². The first kappa shape index (κ1) is 14.6. The van der Waals surface area contributed by atoms with Gasteiger partial charge < -0.3 is 10.4 Å². The molecular weight excluding hydrogens is 285 g/mol. The van der Waals surface area contributed by atoms with Crippen LogP contribution >= 0.6 is 15.9 Å². The molecule has 0 aliphatic rings. The average Bonchev–Trinajstić information content (AvgIpc) is 2.25. The molecule has 0 heterocycles. The Kier molecular flexibility index (Phi) is 5.56. The van der Waals surface area contributed by atoms with Gasteiger partial charge in [-0.25, -0.2) is 4.39 Å². The molecule has 0 amide bonds. The molecule has 0 spiro atoms. The van der Waals surface area contributed by atoms with Gasteiger partial charge in [0.1, 0.15) is 5.82 Å². The minimum Gasteiger partial charge on any atom is -0.389 e. The first-order valence-corrected chi connectivity index (χ1v) is 6.61. The molecule has 1 rings (SSSR count). The first-order chi connectivity index (χ1) is 7.96. The van der Waals surface area contributed by atoms with Gasteiger partial charge >= 0.3 is 0 Å². The van der Waals surface area contributed by atoms with Gasteiger partial charge in [0.25, 0.3) is 0 Å². The lowest BCUT2D eigenvalue weighted by atomic mass is 9.96. The van der Waals surface area contributed by atoms with E-state index in [1.165, 1.54) is 6.07 Å². The predicted molar refractivity (Wildman–Crippen MR) is 71.6 cm³/mol. The fourth-order valence-corrected chi connectivity index (χ4v) is 2.10. The summed E-state index contributed by atoms with van der Waals surface area (Å²) in [4.78, 5) is 0. The summed E-state index contributed by atoms with van der Waals surface area (Å²) in [6, 6.07) is 4.88. The zero-order chi connectivity index (χ0) is 12.9. The molecule has 1 atom stereocenters. The molecule has 2 N–H and O–H groups in total. The number of rotatable bonds is 6. The predicted octanol–water partition coefficient (Wildman–Crippen LogP) is 2.88. The number of hydrogen-bond acceptors (Lipinski definition) is 2. The normalized spacial score (nSPS) is 14.6. The summed E-state index contributed by atoms with van der Waals surface area (Å²) >= 11 is 3.21. The zero-order valence-electron chi connectivity index (χ0n) is 10.3. The van der Waals surface area contributed by atoms with Crippen molar-refractivity contribution in [1.82, 2.24) is 5.32 Å². The van der Waals surface area contributed by atoms with Crippen molar-refractivity contribution in [2.75, 3.05) is 13.1 Å². The van der Waals surface area contributed by atoms with Crippen LogP contribution in [0.3, 0.4) is 0 Å². The van der Waals surface area contributed by atoms with Crippen molar-refractivity contribution >= 4 is 15.9 Å². The Bertz CT molecular complexity index is 368. The summed E-state index contributed by atoms with van der Waals surface area (Å²) in [7, 11) is 0. The number of hydrogen-bond donors (Lipinski definition) is 2. The van der Waals surface area contributed by atoms with E-state index in [0.29, 0.717) is 17.4 Å². The van der Waals surface area contributed by atoms with E-state index in [-0.39, 0.29) is 5.82 Å². The van der Waals surface area contributed by atoms with Crippen molar-refractivity contribution in [1.29, 1.82) is 0 Å². The Labute approximate surface area is 110 Å². The van der Waals surface area contributed by atoms with Crippen LogP contribution in [0.4, 0.5) is 4.39 Å². The Morgan fingerprint density at radius 3 is 2.82 bits per heavy atom. The fraction of sp³-hybridized carbons (Fsp3) is 0.538. The highest BCUT2D eigenvalue weighted by Crippen LogP contribution is 2.24. The summed E-state index contributed by atoms with van der Waals surface area (Å²) in [5, 5.41) is 13.4. The molecule has 2 nitrogen and oxygen atoms in total. The standard InChI is InChI=1S/C13H19BrFNO/c1-3-7-16-9-13(2,17)8-10-5-4-6-11(15)12(10)14/h4-6,16-17H,3,7-9H2,1-2H3. The molecule has 96 valence electrons. The van der Waals surface area contributed by atoms with Crippen LogP contribution in [0.15, 0.2) is 22.7 Å². The first-order valence-electron chi connectivity index (χ1n) is 5.82. The van der Waals surface area contributed by atoms with Crippen LogP contribution in [0.2, 0.25) is 0 Å². The van der Waals surface area contributed by atoms with E-state index in [1.807, 2.05) is 6.07 Å². The smallest absolute Gasteiger partial charge is 0.137 e. The Morgan fingerprint density at radius 1 is 1.47 bits per heavy atom. The highest BCUT2D eigenvalue weighted by atomic mass is 79.9. The maximum Gasteiger partial charge on any atom is 0.137 e. The van der Waals surface area contributed by atoms with Crippen molar-refractivity contribution in [3.05, 3.63) is 34.1 Å². The molecule has 0 saturated heterocycles. The van der Waals surface area contributed by atoms with Gasteiger partial charge in [-0.3, -0.25) is 0 Å². The van der Waals surface area contributed by atoms with Crippen molar-refractivity contribution in [2.24, 2.45) is 0 Å². The number of aliphatic hydroxyl groups is 1. The van der Waals surface area contributed by atoms with Gasteiger partial charge in [0.2, 0.25) is 0 Å².